The fourth-order valence-corrected chi connectivity index (χ4v) is 4.40. The zero-order chi connectivity index (χ0) is 24.9. The molecule has 0 fully saturated rings. The number of hydrogen-bond donors (Lipinski definition) is 0. The average Bonchev–Trinajstić information content (AvgIpc) is 3.42. The molecule has 6 aromatic rings. The minimum atomic E-state index is -0.296. The van der Waals surface area contributed by atoms with Crippen LogP contribution >= 0.6 is 0 Å². The van der Waals surface area contributed by atoms with Gasteiger partial charge in [0, 0.05) is 17.8 Å². The number of pyridine rings is 1. The Labute approximate surface area is 217 Å². The van der Waals surface area contributed by atoms with Crippen LogP contribution in [-0.2, 0) is 0 Å². The van der Waals surface area contributed by atoms with Crippen molar-refractivity contribution in [3.05, 3.63) is 146 Å². The molecule has 4 nitrogen and oxygen atoms in total. The maximum Gasteiger partial charge on any atom is 0.427 e. The van der Waals surface area contributed by atoms with Crippen molar-refractivity contribution in [3.63, 3.8) is 0 Å². The SMILES string of the molecule is c1ccc(B(Oc2cc(-c3ccc(-c4ccccc4)cc3)nn2-c2ccccn2)c2ccccc2)cc1. The molecule has 0 radical (unpaired) electrons. The summed E-state index contributed by atoms with van der Waals surface area (Å²) in [7, 11) is 0. The van der Waals surface area contributed by atoms with Crippen LogP contribution in [0.4, 0.5) is 0 Å². The Hall–Kier alpha value is -4.90. The van der Waals surface area contributed by atoms with E-state index in [0.29, 0.717) is 11.7 Å². The highest BCUT2D eigenvalue weighted by Crippen LogP contribution is 2.28. The molecule has 0 atom stereocenters. The minimum absolute atomic E-state index is 0.296. The Bertz CT molecular complexity index is 1530. The second-order valence-electron chi connectivity index (χ2n) is 8.73. The van der Waals surface area contributed by atoms with E-state index in [1.807, 2.05) is 66.7 Å². The lowest BCUT2D eigenvalue weighted by atomic mass is 9.55. The maximum atomic E-state index is 6.73. The lowest BCUT2D eigenvalue weighted by molar-refractivity contribution is 0.533. The molecule has 0 aliphatic rings. The molecule has 176 valence electrons. The molecule has 0 amide bonds. The van der Waals surface area contributed by atoms with Crippen LogP contribution in [0, 0.1) is 0 Å². The van der Waals surface area contributed by atoms with Gasteiger partial charge in [-0.1, -0.05) is 121 Å². The largest absolute Gasteiger partial charge is 0.538 e. The summed E-state index contributed by atoms with van der Waals surface area (Å²) < 4.78 is 8.50. The van der Waals surface area contributed by atoms with Crippen molar-refractivity contribution in [1.82, 2.24) is 14.8 Å². The molecular weight excluding hydrogens is 453 g/mol. The summed E-state index contributed by atoms with van der Waals surface area (Å²) >= 11 is 0. The van der Waals surface area contributed by atoms with Gasteiger partial charge >= 0.3 is 6.92 Å². The molecule has 0 saturated heterocycles. The molecule has 6 rings (SSSR count). The van der Waals surface area contributed by atoms with Crippen molar-refractivity contribution in [2.24, 2.45) is 0 Å². The van der Waals surface area contributed by atoms with E-state index in [9.17, 15) is 0 Å². The third kappa shape index (κ3) is 4.93. The molecule has 0 spiro atoms. The molecule has 0 N–H and O–H groups in total. The van der Waals surface area contributed by atoms with Crippen LogP contribution < -0.4 is 15.6 Å². The van der Waals surface area contributed by atoms with E-state index in [1.54, 1.807) is 10.9 Å². The minimum Gasteiger partial charge on any atom is -0.538 e. The van der Waals surface area contributed by atoms with E-state index >= 15 is 0 Å². The number of benzene rings is 4. The second-order valence-corrected chi connectivity index (χ2v) is 8.73. The van der Waals surface area contributed by atoms with Gasteiger partial charge < -0.3 is 4.65 Å². The standard InChI is InChI=1S/C32H24BN3O/c1-4-12-25(13-5-1)26-19-21-27(22-20-26)30-24-32(36(35-30)31-18-10-11-23-34-31)37-33(28-14-6-2-7-15-28)29-16-8-3-9-17-29/h1-24H. The Balaban J connectivity index is 1.41. The van der Waals surface area contributed by atoms with E-state index in [2.05, 4.69) is 77.8 Å². The van der Waals surface area contributed by atoms with Gasteiger partial charge in [-0.3, -0.25) is 0 Å². The van der Waals surface area contributed by atoms with Gasteiger partial charge in [0.25, 0.3) is 0 Å². The first-order chi connectivity index (χ1) is 18.3. The molecule has 5 heteroatoms. The third-order valence-electron chi connectivity index (χ3n) is 6.27. The predicted octanol–water partition coefficient (Wildman–Crippen LogP) is 5.79. The molecular formula is C32H24BN3O. The van der Waals surface area contributed by atoms with E-state index in [-0.39, 0.29) is 6.92 Å². The third-order valence-corrected chi connectivity index (χ3v) is 6.27. The van der Waals surface area contributed by atoms with Crippen molar-refractivity contribution in [1.29, 1.82) is 0 Å². The van der Waals surface area contributed by atoms with Gasteiger partial charge in [0.15, 0.2) is 5.82 Å². The highest BCUT2D eigenvalue weighted by Gasteiger charge is 2.26. The molecule has 4 aromatic carbocycles. The van der Waals surface area contributed by atoms with Gasteiger partial charge in [-0.2, -0.15) is 9.78 Å². The van der Waals surface area contributed by atoms with Crippen LogP contribution in [0.25, 0.3) is 28.2 Å². The van der Waals surface area contributed by atoms with Gasteiger partial charge in [-0.25, -0.2) is 4.98 Å². The lowest BCUT2D eigenvalue weighted by Gasteiger charge is -2.17. The van der Waals surface area contributed by atoms with Crippen LogP contribution in [0.15, 0.2) is 146 Å². The lowest BCUT2D eigenvalue weighted by Crippen LogP contribution is -2.47. The topological polar surface area (TPSA) is 39.9 Å². The Morgan fingerprint density at radius 2 is 1.08 bits per heavy atom. The van der Waals surface area contributed by atoms with Gasteiger partial charge in [0.2, 0.25) is 5.88 Å². The number of hydrogen-bond acceptors (Lipinski definition) is 3. The van der Waals surface area contributed by atoms with E-state index in [0.717, 1.165) is 22.2 Å². The fourth-order valence-electron chi connectivity index (χ4n) is 4.40. The number of rotatable bonds is 7. The van der Waals surface area contributed by atoms with Crippen molar-refractivity contribution in [2.45, 2.75) is 0 Å². The fraction of sp³-hybridized carbons (Fsp3) is 0. The first kappa shape index (κ1) is 22.6. The summed E-state index contributed by atoms with van der Waals surface area (Å²) in [6.45, 7) is -0.296. The van der Waals surface area contributed by atoms with Crippen LogP contribution in [0.2, 0.25) is 0 Å². The second kappa shape index (κ2) is 10.4. The Morgan fingerprint density at radius 3 is 1.68 bits per heavy atom. The van der Waals surface area contributed by atoms with Crippen molar-refractivity contribution >= 4 is 17.8 Å². The van der Waals surface area contributed by atoms with E-state index in [1.165, 1.54) is 11.1 Å². The average molecular weight is 477 g/mol. The van der Waals surface area contributed by atoms with Gasteiger partial charge in [0.05, 0.1) is 5.69 Å². The molecule has 0 bridgehead atoms. The molecule has 0 unspecified atom stereocenters. The summed E-state index contributed by atoms with van der Waals surface area (Å²) in [6, 6.07) is 47.1. The van der Waals surface area contributed by atoms with E-state index in [4.69, 9.17) is 9.75 Å². The number of aromatic nitrogens is 3. The summed E-state index contributed by atoms with van der Waals surface area (Å²) in [5.41, 5.74) is 6.31. The van der Waals surface area contributed by atoms with Crippen molar-refractivity contribution in [2.75, 3.05) is 0 Å². The van der Waals surface area contributed by atoms with Crippen LogP contribution in [0.5, 0.6) is 5.88 Å². The number of nitrogens with zero attached hydrogens (tertiary/aromatic N) is 3. The molecule has 2 aromatic heterocycles. The van der Waals surface area contributed by atoms with Gasteiger partial charge in [-0.15, -0.1) is 0 Å². The van der Waals surface area contributed by atoms with Crippen molar-refractivity contribution in [3.8, 4) is 34.1 Å². The predicted molar refractivity (Wildman–Crippen MR) is 151 cm³/mol. The van der Waals surface area contributed by atoms with Crippen LogP contribution in [0.1, 0.15) is 0 Å². The Morgan fingerprint density at radius 1 is 0.541 bits per heavy atom. The van der Waals surface area contributed by atoms with Crippen molar-refractivity contribution < 1.29 is 4.65 Å². The zero-order valence-corrected chi connectivity index (χ0v) is 20.2. The molecule has 2 heterocycles. The smallest absolute Gasteiger partial charge is 0.427 e. The quantitative estimate of drug-likeness (QED) is 0.274. The summed E-state index contributed by atoms with van der Waals surface area (Å²) in [4.78, 5) is 4.54. The summed E-state index contributed by atoms with van der Waals surface area (Å²) in [5, 5.41) is 4.92. The molecule has 37 heavy (non-hydrogen) atoms. The van der Waals surface area contributed by atoms with Crippen LogP contribution in [-0.4, -0.2) is 21.7 Å². The van der Waals surface area contributed by atoms with Gasteiger partial charge in [-0.05, 0) is 34.2 Å². The Kier molecular flexibility index (Phi) is 6.33. The monoisotopic (exact) mass is 477 g/mol. The first-order valence-corrected chi connectivity index (χ1v) is 12.3. The highest BCUT2D eigenvalue weighted by atomic mass is 16.4. The molecule has 0 aliphatic carbocycles. The van der Waals surface area contributed by atoms with Gasteiger partial charge in [0.1, 0.15) is 0 Å². The zero-order valence-electron chi connectivity index (χ0n) is 20.2. The van der Waals surface area contributed by atoms with Crippen LogP contribution in [0.3, 0.4) is 0 Å². The summed E-state index contributed by atoms with van der Waals surface area (Å²) in [6.07, 6.45) is 1.76. The van der Waals surface area contributed by atoms with E-state index < -0.39 is 0 Å². The highest BCUT2D eigenvalue weighted by molar-refractivity contribution is 6.80. The maximum absolute atomic E-state index is 6.73. The molecule has 0 saturated carbocycles. The first-order valence-electron chi connectivity index (χ1n) is 12.3. The normalized spacial score (nSPS) is 10.7. The molecule has 0 aliphatic heterocycles. The summed E-state index contributed by atoms with van der Waals surface area (Å²) in [5.74, 6) is 1.32.